The Kier molecular flexibility index (Phi) is 7.14. The molecule has 7 nitrogen and oxygen atoms in total. The Morgan fingerprint density at radius 2 is 1.64 bits per heavy atom. The molecule has 0 bridgehead atoms. The number of Topliss-reactive ketones (excluding diaryl/α,β-unsaturated/α-hetero) is 1. The minimum Gasteiger partial charge on any atom is -0.507 e. The number of hydrogen-bond donors (Lipinski definition) is 1. The molecule has 1 aliphatic heterocycles. The number of benzene rings is 3. The number of amides is 1. The van der Waals surface area contributed by atoms with Gasteiger partial charge in [0.15, 0.2) is 0 Å². The van der Waals surface area contributed by atoms with E-state index in [-0.39, 0.29) is 17.9 Å². The van der Waals surface area contributed by atoms with Gasteiger partial charge in [-0.1, -0.05) is 36.4 Å². The number of aliphatic hydroxyl groups is 1. The van der Waals surface area contributed by atoms with E-state index in [1.807, 2.05) is 56.3 Å². The third-order valence-corrected chi connectivity index (χ3v) is 6.67. The Bertz CT molecular complexity index is 1560. The van der Waals surface area contributed by atoms with Crippen LogP contribution in [0, 0.1) is 13.8 Å². The molecule has 0 aliphatic carbocycles. The van der Waals surface area contributed by atoms with Gasteiger partial charge in [0.2, 0.25) is 0 Å². The van der Waals surface area contributed by atoms with Gasteiger partial charge in [0.05, 0.1) is 24.3 Å². The van der Waals surface area contributed by atoms with Crippen molar-refractivity contribution in [3.05, 3.63) is 125 Å². The summed E-state index contributed by atoms with van der Waals surface area (Å²) in [5.74, 6) is -0.109. The van der Waals surface area contributed by atoms with E-state index in [1.165, 1.54) is 12.0 Å². The summed E-state index contributed by atoms with van der Waals surface area (Å²) in [6.07, 6.45) is 3.27. The van der Waals surface area contributed by atoms with Crippen LogP contribution in [0.3, 0.4) is 0 Å². The number of aromatic nitrogens is 1. The van der Waals surface area contributed by atoms with Crippen LogP contribution in [0.25, 0.3) is 5.76 Å². The van der Waals surface area contributed by atoms with Crippen LogP contribution < -0.4 is 9.47 Å². The zero-order valence-corrected chi connectivity index (χ0v) is 21.9. The summed E-state index contributed by atoms with van der Waals surface area (Å²) in [6.45, 7) is 3.92. The SMILES string of the molecule is COc1c(C)cc(C)cc1/C(O)=C1\C(=O)C(=O)N(Cc2ccncc2)C1c1cccc(Oc2ccccc2)c1. The molecule has 0 radical (unpaired) electrons. The Morgan fingerprint density at radius 1 is 0.923 bits per heavy atom. The molecule has 0 saturated carbocycles. The number of carbonyl (C=O) groups is 2. The van der Waals surface area contributed by atoms with Gasteiger partial charge in [-0.2, -0.15) is 0 Å². The molecule has 39 heavy (non-hydrogen) atoms. The average Bonchev–Trinajstić information content (AvgIpc) is 3.18. The highest BCUT2D eigenvalue weighted by atomic mass is 16.5. The number of rotatable bonds is 7. The number of likely N-dealkylation sites (tertiary alicyclic amines) is 1. The average molecular weight is 521 g/mol. The van der Waals surface area contributed by atoms with Gasteiger partial charge in [0.1, 0.15) is 23.0 Å². The van der Waals surface area contributed by atoms with Crippen molar-refractivity contribution < 1.29 is 24.2 Å². The van der Waals surface area contributed by atoms with Crippen molar-refractivity contribution in [2.75, 3.05) is 7.11 Å². The first-order valence-electron chi connectivity index (χ1n) is 12.5. The smallest absolute Gasteiger partial charge is 0.295 e. The van der Waals surface area contributed by atoms with Gasteiger partial charge < -0.3 is 19.5 Å². The van der Waals surface area contributed by atoms with Crippen LogP contribution >= 0.6 is 0 Å². The Hall–Kier alpha value is -4.91. The van der Waals surface area contributed by atoms with Gasteiger partial charge >= 0.3 is 0 Å². The van der Waals surface area contributed by atoms with Crippen LogP contribution in [-0.4, -0.2) is 33.8 Å². The van der Waals surface area contributed by atoms with Crippen molar-refractivity contribution in [2.24, 2.45) is 0 Å². The lowest BCUT2D eigenvalue weighted by Crippen LogP contribution is -2.29. The molecule has 1 saturated heterocycles. The third kappa shape index (κ3) is 5.11. The molecule has 3 aromatic carbocycles. The number of ketones is 1. The molecule has 2 heterocycles. The quantitative estimate of drug-likeness (QED) is 0.179. The first-order chi connectivity index (χ1) is 18.9. The second-order valence-electron chi connectivity index (χ2n) is 9.43. The molecule has 5 rings (SSSR count). The summed E-state index contributed by atoms with van der Waals surface area (Å²) in [5.41, 5.74) is 3.47. The van der Waals surface area contributed by atoms with E-state index in [0.717, 1.165) is 16.7 Å². The van der Waals surface area contributed by atoms with Crippen LogP contribution in [0.15, 0.2) is 96.8 Å². The fourth-order valence-electron chi connectivity index (χ4n) is 4.99. The Morgan fingerprint density at radius 3 is 2.36 bits per heavy atom. The summed E-state index contributed by atoms with van der Waals surface area (Å²) in [7, 11) is 1.51. The summed E-state index contributed by atoms with van der Waals surface area (Å²) >= 11 is 0. The number of aliphatic hydroxyl groups excluding tert-OH is 1. The highest BCUT2D eigenvalue weighted by molar-refractivity contribution is 6.46. The molecule has 1 fully saturated rings. The molecule has 196 valence electrons. The van der Waals surface area contributed by atoms with Crippen LogP contribution in [0.5, 0.6) is 17.2 Å². The molecule has 7 heteroatoms. The molecular formula is C32H28N2O5. The summed E-state index contributed by atoms with van der Waals surface area (Å²) in [4.78, 5) is 32.5. The van der Waals surface area contributed by atoms with Gasteiger partial charge in [0.25, 0.3) is 11.7 Å². The van der Waals surface area contributed by atoms with E-state index >= 15 is 0 Å². The standard InChI is InChI=1S/C32H28N2O5/c1-20-16-21(2)31(38-3)26(17-20)29(35)27-28(34(32(37)30(27)36)19-22-12-14-33-15-13-22)23-8-7-11-25(18-23)39-24-9-5-4-6-10-24/h4-18,28,35H,19H2,1-3H3/b29-27+. The van der Waals surface area contributed by atoms with Crippen molar-refractivity contribution in [3.8, 4) is 17.2 Å². The number of hydrogen-bond acceptors (Lipinski definition) is 6. The molecular weight excluding hydrogens is 492 g/mol. The van der Waals surface area contributed by atoms with Gasteiger partial charge in [-0.05, 0) is 78.6 Å². The van der Waals surface area contributed by atoms with Gasteiger partial charge in [-0.3, -0.25) is 14.6 Å². The van der Waals surface area contributed by atoms with E-state index in [4.69, 9.17) is 9.47 Å². The number of aryl methyl sites for hydroxylation is 2. The van der Waals surface area contributed by atoms with E-state index in [2.05, 4.69) is 4.98 Å². The summed E-state index contributed by atoms with van der Waals surface area (Å²) < 4.78 is 11.6. The zero-order chi connectivity index (χ0) is 27.5. The van der Waals surface area contributed by atoms with E-state index in [9.17, 15) is 14.7 Å². The lowest BCUT2D eigenvalue weighted by Gasteiger charge is -2.26. The van der Waals surface area contributed by atoms with Crippen LogP contribution in [-0.2, 0) is 16.1 Å². The summed E-state index contributed by atoms with van der Waals surface area (Å²) in [5, 5.41) is 11.6. The van der Waals surface area contributed by atoms with Crippen molar-refractivity contribution >= 4 is 17.4 Å². The molecule has 1 atom stereocenters. The van der Waals surface area contributed by atoms with Gasteiger partial charge in [-0.25, -0.2) is 0 Å². The summed E-state index contributed by atoms with van der Waals surface area (Å²) in [6, 6.07) is 23.0. The van der Waals surface area contributed by atoms with Crippen LogP contribution in [0.1, 0.15) is 33.9 Å². The molecule has 1 aromatic heterocycles. The normalized spacial score (nSPS) is 16.4. The second kappa shape index (κ2) is 10.8. The molecule has 0 spiro atoms. The number of ether oxygens (including phenoxy) is 2. The van der Waals surface area contributed by atoms with Crippen molar-refractivity contribution in [2.45, 2.75) is 26.4 Å². The topological polar surface area (TPSA) is 89.0 Å². The number of pyridine rings is 1. The van der Waals surface area contributed by atoms with E-state index in [1.54, 1.807) is 48.8 Å². The van der Waals surface area contributed by atoms with Crippen molar-refractivity contribution in [1.29, 1.82) is 0 Å². The Labute approximate surface area is 227 Å². The number of methoxy groups -OCH3 is 1. The number of para-hydroxylation sites is 1. The molecule has 1 amide bonds. The second-order valence-corrected chi connectivity index (χ2v) is 9.43. The maximum absolute atomic E-state index is 13.6. The highest BCUT2D eigenvalue weighted by Gasteiger charge is 2.46. The van der Waals surface area contributed by atoms with E-state index < -0.39 is 17.7 Å². The molecule has 1 aliphatic rings. The fourth-order valence-corrected chi connectivity index (χ4v) is 4.99. The largest absolute Gasteiger partial charge is 0.507 e. The first-order valence-corrected chi connectivity index (χ1v) is 12.5. The van der Waals surface area contributed by atoms with Crippen LogP contribution in [0.4, 0.5) is 0 Å². The first kappa shape index (κ1) is 25.7. The van der Waals surface area contributed by atoms with Gasteiger partial charge in [-0.15, -0.1) is 0 Å². The Balaban J connectivity index is 1.67. The maximum atomic E-state index is 13.6. The fraction of sp³-hybridized carbons (Fsp3) is 0.156. The monoisotopic (exact) mass is 520 g/mol. The predicted octanol–water partition coefficient (Wildman–Crippen LogP) is 6.12. The van der Waals surface area contributed by atoms with E-state index in [0.29, 0.717) is 28.4 Å². The van der Waals surface area contributed by atoms with Crippen molar-refractivity contribution in [3.63, 3.8) is 0 Å². The third-order valence-electron chi connectivity index (χ3n) is 6.67. The highest BCUT2D eigenvalue weighted by Crippen LogP contribution is 2.43. The molecule has 1 N–H and O–H groups in total. The lowest BCUT2D eigenvalue weighted by atomic mass is 9.93. The predicted molar refractivity (Wildman–Crippen MR) is 148 cm³/mol. The minimum absolute atomic E-state index is 0.00535. The minimum atomic E-state index is -0.858. The van der Waals surface area contributed by atoms with Crippen LogP contribution in [0.2, 0.25) is 0 Å². The van der Waals surface area contributed by atoms with Gasteiger partial charge in [0, 0.05) is 18.9 Å². The molecule has 1 unspecified atom stereocenters. The zero-order valence-electron chi connectivity index (χ0n) is 21.9. The lowest BCUT2D eigenvalue weighted by molar-refractivity contribution is -0.140. The maximum Gasteiger partial charge on any atom is 0.295 e. The molecule has 4 aromatic rings. The number of carbonyl (C=O) groups excluding carboxylic acids is 2. The van der Waals surface area contributed by atoms with Crippen molar-refractivity contribution in [1.82, 2.24) is 9.88 Å². The number of nitrogens with zero attached hydrogens (tertiary/aromatic N) is 2.